The summed E-state index contributed by atoms with van der Waals surface area (Å²) in [5.41, 5.74) is 5.83. The maximum absolute atomic E-state index is 11.3. The van der Waals surface area contributed by atoms with Crippen LogP contribution in [-0.2, 0) is 9.84 Å². The van der Waals surface area contributed by atoms with Crippen LogP contribution in [0.2, 0.25) is 0 Å². The van der Waals surface area contributed by atoms with Crippen LogP contribution in [0.1, 0.15) is 58.3 Å². The summed E-state index contributed by atoms with van der Waals surface area (Å²) in [4.78, 5) is 4.33. The highest BCUT2D eigenvalue weighted by Gasteiger charge is 2.23. The second kappa shape index (κ2) is 12.4. The molecule has 0 amide bonds. The van der Waals surface area contributed by atoms with E-state index in [9.17, 15) is 8.42 Å². The summed E-state index contributed by atoms with van der Waals surface area (Å²) in [7, 11) is -2.78. The summed E-state index contributed by atoms with van der Waals surface area (Å²) >= 11 is 0. The van der Waals surface area contributed by atoms with E-state index >= 15 is 0 Å². The quantitative estimate of drug-likeness (QED) is 0.247. The van der Waals surface area contributed by atoms with E-state index in [1.165, 1.54) is 32.1 Å². The van der Waals surface area contributed by atoms with Crippen LogP contribution in [0.5, 0.6) is 0 Å². The van der Waals surface area contributed by atoms with E-state index < -0.39 is 9.84 Å². The Hall–Kier alpha value is -0.0500. The van der Waals surface area contributed by atoms with Gasteiger partial charge in [0, 0.05) is 13.1 Å². The van der Waals surface area contributed by atoms with Gasteiger partial charge in [-0.2, -0.15) is 0 Å². The number of nitrogens with two attached hydrogens (primary N) is 1. The molecule has 0 unspecified atom stereocenters. The summed E-state index contributed by atoms with van der Waals surface area (Å²) in [5, 5.41) is 3.14. The predicted molar refractivity (Wildman–Crippen MR) is 105 cm³/mol. The molecule has 0 aliphatic carbocycles. The third-order valence-corrected chi connectivity index (χ3v) is 5.75. The van der Waals surface area contributed by atoms with Gasteiger partial charge in [-0.05, 0) is 25.2 Å². The second-order valence-corrected chi connectivity index (χ2v) is 8.32. The molecule has 1 aliphatic rings. The summed E-state index contributed by atoms with van der Waals surface area (Å²) in [6.07, 6.45) is 9.03. The van der Waals surface area contributed by atoms with E-state index in [2.05, 4.69) is 17.2 Å². The van der Waals surface area contributed by atoms with E-state index in [4.69, 9.17) is 5.73 Å². The fraction of sp³-hybridized carbons (Fsp3) is 0.933. The lowest BCUT2D eigenvalue weighted by Crippen LogP contribution is -2.33. The first-order valence-corrected chi connectivity index (χ1v) is 10.1. The summed E-state index contributed by atoms with van der Waals surface area (Å²) in [5.74, 6) is 1.47. The van der Waals surface area contributed by atoms with Crippen LogP contribution >= 0.6 is 24.0 Å². The number of halogens is 1. The van der Waals surface area contributed by atoms with Crippen molar-refractivity contribution >= 4 is 39.8 Å². The standard InChI is InChI=1S/C15H31N3O2S.HI/c1-2-3-4-5-6-7-10-17-15(16)18-13-14-8-11-21(19,20)12-9-14;/h14H,2-13H2,1H3,(H3,16,17,18);1H. The minimum atomic E-state index is -2.78. The number of nitrogens with zero attached hydrogens (tertiary/aromatic N) is 1. The maximum Gasteiger partial charge on any atom is 0.188 e. The zero-order chi connectivity index (χ0) is 15.6. The molecule has 1 aliphatic heterocycles. The first-order chi connectivity index (χ1) is 10.0. The van der Waals surface area contributed by atoms with E-state index in [0.29, 0.717) is 29.9 Å². The van der Waals surface area contributed by atoms with Crippen molar-refractivity contribution in [3.63, 3.8) is 0 Å². The van der Waals surface area contributed by atoms with Crippen molar-refractivity contribution in [2.45, 2.75) is 58.3 Å². The maximum atomic E-state index is 11.3. The van der Waals surface area contributed by atoms with Crippen LogP contribution in [-0.4, -0.2) is 39.0 Å². The van der Waals surface area contributed by atoms with Gasteiger partial charge in [-0.3, -0.25) is 4.99 Å². The van der Waals surface area contributed by atoms with Crippen molar-refractivity contribution in [2.75, 3.05) is 24.6 Å². The Morgan fingerprint density at radius 3 is 2.36 bits per heavy atom. The molecule has 0 radical (unpaired) electrons. The number of unbranched alkanes of at least 4 members (excludes halogenated alkanes) is 5. The monoisotopic (exact) mass is 445 g/mol. The van der Waals surface area contributed by atoms with Gasteiger partial charge < -0.3 is 11.1 Å². The normalized spacial score (nSPS) is 18.7. The van der Waals surface area contributed by atoms with Gasteiger partial charge in [0.25, 0.3) is 0 Å². The molecule has 0 spiro atoms. The highest BCUT2D eigenvalue weighted by atomic mass is 127. The van der Waals surface area contributed by atoms with Gasteiger partial charge in [0.1, 0.15) is 9.84 Å². The lowest BCUT2D eigenvalue weighted by atomic mass is 10.0. The summed E-state index contributed by atoms with van der Waals surface area (Å²) in [6, 6.07) is 0. The molecular weight excluding hydrogens is 413 g/mol. The number of aliphatic imine (C=N–C) groups is 1. The molecule has 132 valence electrons. The van der Waals surface area contributed by atoms with Crippen molar-refractivity contribution in [1.29, 1.82) is 0 Å². The number of hydrogen-bond donors (Lipinski definition) is 2. The molecule has 5 nitrogen and oxygen atoms in total. The highest BCUT2D eigenvalue weighted by Crippen LogP contribution is 2.18. The van der Waals surface area contributed by atoms with Crippen molar-refractivity contribution in [1.82, 2.24) is 5.32 Å². The molecule has 22 heavy (non-hydrogen) atoms. The zero-order valence-electron chi connectivity index (χ0n) is 13.7. The van der Waals surface area contributed by atoms with Gasteiger partial charge in [-0.25, -0.2) is 8.42 Å². The SMILES string of the molecule is CCCCCCCCNC(N)=NCC1CCS(=O)(=O)CC1.I. The number of rotatable bonds is 9. The Kier molecular flexibility index (Phi) is 12.4. The van der Waals surface area contributed by atoms with Gasteiger partial charge in [0.15, 0.2) is 5.96 Å². The van der Waals surface area contributed by atoms with Crippen molar-refractivity contribution in [3.8, 4) is 0 Å². The fourth-order valence-electron chi connectivity index (χ4n) is 2.53. The van der Waals surface area contributed by atoms with Gasteiger partial charge in [-0.1, -0.05) is 39.0 Å². The van der Waals surface area contributed by atoms with Crippen LogP contribution in [0.4, 0.5) is 0 Å². The van der Waals surface area contributed by atoms with Crippen molar-refractivity contribution in [2.24, 2.45) is 16.6 Å². The van der Waals surface area contributed by atoms with Gasteiger partial charge in [0.2, 0.25) is 0 Å². The third kappa shape index (κ3) is 10.6. The zero-order valence-corrected chi connectivity index (χ0v) is 16.9. The van der Waals surface area contributed by atoms with E-state index in [-0.39, 0.29) is 24.0 Å². The highest BCUT2D eigenvalue weighted by molar-refractivity contribution is 14.0. The molecular formula is C15H32IN3O2S. The van der Waals surface area contributed by atoms with Crippen LogP contribution < -0.4 is 11.1 Å². The lowest BCUT2D eigenvalue weighted by molar-refractivity contribution is 0.474. The molecule has 0 aromatic heterocycles. The molecule has 3 N–H and O–H groups in total. The number of hydrogen-bond acceptors (Lipinski definition) is 3. The first-order valence-electron chi connectivity index (χ1n) is 8.27. The topological polar surface area (TPSA) is 84.5 Å². The van der Waals surface area contributed by atoms with Crippen LogP contribution in [0.15, 0.2) is 4.99 Å². The summed E-state index contributed by atoms with van der Waals surface area (Å²) < 4.78 is 22.7. The smallest absolute Gasteiger partial charge is 0.188 e. The lowest BCUT2D eigenvalue weighted by Gasteiger charge is -2.20. The minimum Gasteiger partial charge on any atom is -0.370 e. The second-order valence-electron chi connectivity index (χ2n) is 6.02. The first kappa shape index (κ1) is 21.9. The average Bonchev–Trinajstić information content (AvgIpc) is 2.45. The fourth-order valence-corrected chi connectivity index (χ4v) is 4.12. The number of nitrogens with one attached hydrogen (secondary N) is 1. The van der Waals surface area contributed by atoms with Crippen molar-refractivity contribution in [3.05, 3.63) is 0 Å². The third-order valence-electron chi connectivity index (χ3n) is 4.03. The molecule has 0 aromatic rings. The number of guanidine groups is 1. The molecule has 1 saturated heterocycles. The van der Waals surface area contributed by atoms with E-state index in [0.717, 1.165) is 25.8 Å². The summed E-state index contributed by atoms with van der Waals surface area (Å²) in [6.45, 7) is 3.74. The molecule has 0 aromatic carbocycles. The van der Waals surface area contributed by atoms with E-state index in [1.54, 1.807) is 0 Å². The van der Waals surface area contributed by atoms with Gasteiger partial charge in [-0.15, -0.1) is 24.0 Å². The van der Waals surface area contributed by atoms with Gasteiger partial charge >= 0.3 is 0 Å². The molecule has 1 fully saturated rings. The molecule has 1 rings (SSSR count). The molecule has 7 heteroatoms. The Bertz CT molecular complexity index is 399. The number of sulfone groups is 1. The van der Waals surface area contributed by atoms with Crippen LogP contribution in [0.25, 0.3) is 0 Å². The van der Waals surface area contributed by atoms with Crippen LogP contribution in [0, 0.1) is 5.92 Å². The Morgan fingerprint density at radius 1 is 1.14 bits per heavy atom. The minimum absolute atomic E-state index is 0. The Balaban J connectivity index is 0.00000441. The Morgan fingerprint density at radius 2 is 1.73 bits per heavy atom. The molecule has 0 atom stereocenters. The molecule has 0 bridgehead atoms. The Labute approximate surface area is 152 Å². The molecule has 1 heterocycles. The average molecular weight is 445 g/mol. The van der Waals surface area contributed by atoms with Gasteiger partial charge in [0.05, 0.1) is 11.5 Å². The molecule has 0 saturated carbocycles. The van der Waals surface area contributed by atoms with Crippen molar-refractivity contribution < 1.29 is 8.42 Å². The van der Waals surface area contributed by atoms with E-state index in [1.807, 2.05) is 0 Å². The van der Waals surface area contributed by atoms with Crippen LogP contribution in [0.3, 0.4) is 0 Å². The largest absolute Gasteiger partial charge is 0.370 e. The predicted octanol–water partition coefficient (Wildman–Crippen LogP) is 2.69.